The number of nitrogens with two attached hydrogens (primary N) is 1. The molecule has 2 amide bonds. The summed E-state index contributed by atoms with van der Waals surface area (Å²) in [4.78, 5) is 48.4. The average molecular weight is 465 g/mol. The van der Waals surface area contributed by atoms with Gasteiger partial charge in [-0.2, -0.15) is 0 Å². The van der Waals surface area contributed by atoms with E-state index in [2.05, 4.69) is 5.32 Å². The first-order valence-electron chi connectivity index (χ1n) is 11.0. The third-order valence-corrected chi connectivity index (χ3v) is 4.08. The Morgan fingerprint density at radius 2 is 1.42 bits per heavy atom. The van der Waals surface area contributed by atoms with Crippen LogP contribution in [0.4, 0.5) is 4.79 Å². The van der Waals surface area contributed by atoms with Gasteiger partial charge < -0.3 is 25.3 Å². The van der Waals surface area contributed by atoms with E-state index in [9.17, 15) is 19.2 Å². The second-order valence-electron chi connectivity index (χ2n) is 9.73. The number of nitrogens with one attached hydrogen (secondary N) is 1. The summed E-state index contributed by atoms with van der Waals surface area (Å²) in [6.07, 6.45) is -0.392. The molecular weight excluding hydrogens is 428 g/mol. The quantitative estimate of drug-likeness (QED) is 0.400. The molecule has 3 N–H and O–H groups in total. The number of primary amides is 1. The van der Waals surface area contributed by atoms with E-state index in [1.54, 1.807) is 26.8 Å². The number of carbonyl (C=O) groups is 4. The zero-order valence-electron chi connectivity index (χ0n) is 20.5. The first-order chi connectivity index (χ1) is 15.2. The molecule has 0 aliphatic heterocycles. The molecule has 0 aliphatic carbocycles. The summed E-state index contributed by atoms with van der Waals surface area (Å²) >= 11 is 0. The van der Waals surface area contributed by atoms with Crippen molar-refractivity contribution in [2.24, 2.45) is 17.6 Å². The van der Waals surface area contributed by atoms with E-state index >= 15 is 0 Å². The van der Waals surface area contributed by atoms with Gasteiger partial charge in [0.25, 0.3) is 0 Å². The summed E-state index contributed by atoms with van der Waals surface area (Å²) in [5, 5.41) is 2.45. The van der Waals surface area contributed by atoms with Crippen LogP contribution in [0.1, 0.15) is 66.9 Å². The normalized spacial score (nSPS) is 12.3. The summed E-state index contributed by atoms with van der Waals surface area (Å²) in [7, 11) is 0. The van der Waals surface area contributed by atoms with E-state index in [4.69, 9.17) is 19.9 Å². The fraction of sp³-hybridized carbons (Fsp3) is 0.583. The molecule has 0 bridgehead atoms. The Morgan fingerprint density at radius 3 is 1.88 bits per heavy atom. The molecular formula is C24H36N2O7. The molecule has 0 aromatic heterocycles. The molecule has 0 aliphatic rings. The van der Waals surface area contributed by atoms with Crippen molar-refractivity contribution in [3.63, 3.8) is 0 Å². The van der Waals surface area contributed by atoms with E-state index in [0.29, 0.717) is 5.56 Å². The molecule has 0 saturated heterocycles. The molecule has 9 nitrogen and oxygen atoms in total. The molecule has 33 heavy (non-hydrogen) atoms. The van der Waals surface area contributed by atoms with Crippen molar-refractivity contribution in [3.05, 3.63) is 23.8 Å². The summed E-state index contributed by atoms with van der Waals surface area (Å²) < 4.78 is 16.0. The van der Waals surface area contributed by atoms with Crippen molar-refractivity contribution in [1.82, 2.24) is 5.32 Å². The summed E-state index contributed by atoms with van der Waals surface area (Å²) in [5.41, 5.74) is 5.24. The summed E-state index contributed by atoms with van der Waals surface area (Å²) in [6.45, 7) is 12.6. The SMILES string of the molecule is CC(C)CC(=O)Oc1ccc(CC(NC(=O)OC(C)(C)C)C(N)=O)cc1OC(=O)CC(C)C. The van der Waals surface area contributed by atoms with Gasteiger partial charge in [-0.25, -0.2) is 4.79 Å². The minimum absolute atomic E-state index is 0.0174. The van der Waals surface area contributed by atoms with Gasteiger partial charge in [0.15, 0.2) is 11.5 Å². The van der Waals surface area contributed by atoms with Gasteiger partial charge in [0.05, 0.1) is 0 Å². The number of amides is 2. The smallest absolute Gasteiger partial charge is 0.408 e. The Hall–Kier alpha value is -3.10. The van der Waals surface area contributed by atoms with Crippen molar-refractivity contribution in [2.75, 3.05) is 0 Å². The monoisotopic (exact) mass is 464 g/mol. The maximum Gasteiger partial charge on any atom is 0.408 e. The lowest BCUT2D eigenvalue weighted by Crippen LogP contribution is -2.47. The highest BCUT2D eigenvalue weighted by atomic mass is 16.6. The number of ether oxygens (including phenoxy) is 3. The standard InChI is InChI=1S/C24H36N2O7/c1-14(2)10-20(27)31-18-9-8-16(13-19(18)32-21(28)11-15(3)4)12-17(22(25)29)26-23(30)33-24(5,6)7/h8-9,13-15,17H,10-12H2,1-7H3,(H2,25,29)(H,26,30). The predicted molar refractivity (Wildman–Crippen MR) is 123 cm³/mol. The van der Waals surface area contributed by atoms with Crippen LogP contribution in [0.25, 0.3) is 0 Å². The number of esters is 2. The van der Waals surface area contributed by atoms with Crippen molar-refractivity contribution >= 4 is 23.9 Å². The highest BCUT2D eigenvalue weighted by molar-refractivity contribution is 5.84. The predicted octanol–water partition coefficient (Wildman–Crippen LogP) is 3.51. The highest BCUT2D eigenvalue weighted by Crippen LogP contribution is 2.30. The molecule has 9 heteroatoms. The molecule has 0 radical (unpaired) electrons. The molecule has 1 aromatic carbocycles. The van der Waals surface area contributed by atoms with E-state index in [-0.39, 0.29) is 42.6 Å². The molecule has 1 rings (SSSR count). The largest absolute Gasteiger partial charge is 0.444 e. The van der Waals surface area contributed by atoms with Crippen LogP contribution >= 0.6 is 0 Å². The number of benzene rings is 1. The Kier molecular flexibility index (Phi) is 10.3. The third-order valence-electron chi connectivity index (χ3n) is 4.08. The fourth-order valence-electron chi connectivity index (χ4n) is 2.75. The maximum absolute atomic E-state index is 12.2. The lowest BCUT2D eigenvalue weighted by molar-refractivity contribution is -0.138. The molecule has 1 unspecified atom stereocenters. The minimum atomic E-state index is -1.06. The summed E-state index contributed by atoms with van der Waals surface area (Å²) in [5.74, 6) is -1.38. The Bertz CT molecular complexity index is 857. The molecule has 1 atom stereocenters. The van der Waals surface area contributed by atoms with E-state index in [1.165, 1.54) is 12.1 Å². The number of rotatable bonds is 10. The second kappa shape index (κ2) is 12.2. The van der Waals surface area contributed by atoms with Crippen LogP contribution in [-0.2, 0) is 25.5 Å². The van der Waals surface area contributed by atoms with E-state index in [0.717, 1.165) is 0 Å². The third kappa shape index (κ3) is 11.4. The van der Waals surface area contributed by atoms with Gasteiger partial charge in [-0.3, -0.25) is 14.4 Å². The molecule has 0 fully saturated rings. The number of alkyl carbamates (subject to hydrolysis) is 1. The van der Waals surface area contributed by atoms with Crippen LogP contribution in [-0.4, -0.2) is 35.6 Å². The Labute approximate surface area is 195 Å². The van der Waals surface area contributed by atoms with Crippen molar-refractivity contribution in [1.29, 1.82) is 0 Å². The van der Waals surface area contributed by atoms with Crippen LogP contribution in [0.3, 0.4) is 0 Å². The number of hydrogen-bond acceptors (Lipinski definition) is 7. The van der Waals surface area contributed by atoms with Crippen LogP contribution in [0.5, 0.6) is 11.5 Å². The first kappa shape index (κ1) is 27.9. The van der Waals surface area contributed by atoms with Gasteiger partial charge in [0, 0.05) is 19.3 Å². The number of carbonyl (C=O) groups excluding carboxylic acids is 4. The van der Waals surface area contributed by atoms with Crippen LogP contribution in [0.2, 0.25) is 0 Å². The van der Waals surface area contributed by atoms with Gasteiger partial charge in [-0.1, -0.05) is 33.8 Å². The summed E-state index contributed by atoms with van der Waals surface area (Å²) in [6, 6.07) is 3.51. The maximum atomic E-state index is 12.2. The average Bonchev–Trinajstić information content (AvgIpc) is 2.60. The molecule has 184 valence electrons. The molecule has 0 saturated carbocycles. The zero-order valence-corrected chi connectivity index (χ0v) is 20.5. The molecule has 0 spiro atoms. The van der Waals surface area contributed by atoms with E-state index in [1.807, 2.05) is 27.7 Å². The first-order valence-corrected chi connectivity index (χ1v) is 11.0. The lowest BCUT2D eigenvalue weighted by Gasteiger charge is -2.22. The Balaban J connectivity index is 3.12. The van der Waals surface area contributed by atoms with Crippen LogP contribution < -0.4 is 20.5 Å². The van der Waals surface area contributed by atoms with Crippen molar-refractivity contribution in [3.8, 4) is 11.5 Å². The minimum Gasteiger partial charge on any atom is -0.444 e. The fourth-order valence-corrected chi connectivity index (χ4v) is 2.75. The van der Waals surface area contributed by atoms with Gasteiger partial charge in [-0.15, -0.1) is 0 Å². The van der Waals surface area contributed by atoms with Crippen molar-refractivity contribution < 1.29 is 33.4 Å². The molecule has 0 heterocycles. The van der Waals surface area contributed by atoms with Gasteiger partial charge in [-0.05, 0) is 50.3 Å². The second-order valence-corrected chi connectivity index (χ2v) is 9.73. The van der Waals surface area contributed by atoms with Crippen LogP contribution in [0.15, 0.2) is 18.2 Å². The highest BCUT2D eigenvalue weighted by Gasteiger charge is 2.24. The Morgan fingerprint density at radius 1 is 0.909 bits per heavy atom. The number of hydrogen-bond donors (Lipinski definition) is 2. The van der Waals surface area contributed by atoms with Gasteiger partial charge in [0.1, 0.15) is 11.6 Å². The van der Waals surface area contributed by atoms with Gasteiger partial charge >= 0.3 is 18.0 Å². The molecule has 1 aromatic rings. The van der Waals surface area contributed by atoms with Crippen LogP contribution in [0, 0.1) is 11.8 Å². The zero-order chi connectivity index (χ0) is 25.3. The van der Waals surface area contributed by atoms with E-state index < -0.39 is 35.6 Å². The van der Waals surface area contributed by atoms with Crippen molar-refractivity contribution in [2.45, 2.75) is 79.4 Å². The topological polar surface area (TPSA) is 134 Å². The lowest BCUT2D eigenvalue weighted by atomic mass is 10.0. The van der Waals surface area contributed by atoms with Gasteiger partial charge in [0.2, 0.25) is 5.91 Å².